The van der Waals surface area contributed by atoms with Crippen molar-refractivity contribution in [1.82, 2.24) is 15.0 Å². The Morgan fingerprint density at radius 2 is 1.67 bits per heavy atom. The standard InChI is InChI=1S/C12H19F3N6/c1-2-5-16-9-18-10(17-8-12(13,14)15)20-11(19-9)21-6-3-4-7-21/h2-8H2,1H3,(H2,16,17,18,19,20). The Labute approximate surface area is 121 Å². The monoisotopic (exact) mass is 304 g/mol. The van der Waals surface area contributed by atoms with Crippen molar-refractivity contribution in [1.29, 1.82) is 0 Å². The smallest absolute Gasteiger partial charge is 0.354 e. The molecule has 118 valence electrons. The minimum absolute atomic E-state index is 0.0529. The average molecular weight is 304 g/mol. The van der Waals surface area contributed by atoms with E-state index in [9.17, 15) is 13.2 Å². The molecule has 0 aliphatic carbocycles. The van der Waals surface area contributed by atoms with E-state index in [0.717, 1.165) is 32.4 Å². The molecule has 0 amide bonds. The SMILES string of the molecule is CCCNc1nc(NCC(F)(F)F)nc(N2CCCC2)n1. The molecule has 2 rings (SSSR count). The van der Waals surface area contributed by atoms with Crippen molar-refractivity contribution in [2.75, 3.05) is 41.7 Å². The fourth-order valence-electron chi connectivity index (χ4n) is 2.00. The third-order valence-corrected chi connectivity index (χ3v) is 2.99. The number of nitrogens with one attached hydrogen (secondary N) is 2. The lowest BCUT2D eigenvalue weighted by Crippen LogP contribution is -2.25. The number of alkyl halides is 3. The van der Waals surface area contributed by atoms with Gasteiger partial charge in [0.2, 0.25) is 17.8 Å². The van der Waals surface area contributed by atoms with Gasteiger partial charge < -0.3 is 15.5 Å². The van der Waals surface area contributed by atoms with Gasteiger partial charge in [-0.2, -0.15) is 28.1 Å². The molecular formula is C12H19F3N6. The van der Waals surface area contributed by atoms with Crippen LogP contribution in [0.15, 0.2) is 0 Å². The first-order valence-corrected chi connectivity index (χ1v) is 7.03. The summed E-state index contributed by atoms with van der Waals surface area (Å²) in [6.45, 7) is 3.11. The van der Waals surface area contributed by atoms with Crippen molar-refractivity contribution >= 4 is 17.8 Å². The van der Waals surface area contributed by atoms with Gasteiger partial charge in [-0.15, -0.1) is 0 Å². The molecule has 0 saturated carbocycles. The summed E-state index contributed by atoms with van der Waals surface area (Å²) in [5.41, 5.74) is 0. The van der Waals surface area contributed by atoms with E-state index in [2.05, 4.69) is 25.6 Å². The molecule has 0 atom stereocenters. The summed E-state index contributed by atoms with van der Waals surface area (Å²) in [5.74, 6) is 0.673. The van der Waals surface area contributed by atoms with Crippen molar-refractivity contribution in [3.05, 3.63) is 0 Å². The van der Waals surface area contributed by atoms with E-state index in [1.165, 1.54) is 0 Å². The number of nitrogens with zero attached hydrogens (tertiary/aromatic N) is 4. The summed E-state index contributed by atoms with van der Waals surface area (Å²) in [7, 11) is 0. The van der Waals surface area contributed by atoms with Crippen molar-refractivity contribution in [2.45, 2.75) is 32.4 Å². The lowest BCUT2D eigenvalue weighted by Gasteiger charge is -2.17. The molecule has 0 radical (unpaired) electrons. The molecule has 2 N–H and O–H groups in total. The molecule has 0 bridgehead atoms. The van der Waals surface area contributed by atoms with Gasteiger partial charge in [-0.1, -0.05) is 6.92 Å². The Hall–Kier alpha value is -1.80. The third kappa shape index (κ3) is 4.91. The van der Waals surface area contributed by atoms with Crippen LogP contribution in [0.25, 0.3) is 0 Å². The molecule has 6 nitrogen and oxygen atoms in total. The summed E-state index contributed by atoms with van der Waals surface area (Å²) in [5, 5.41) is 5.20. The van der Waals surface area contributed by atoms with Crippen LogP contribution in [0.2, 0.25) is 0 Å². The summed E-state index contributed by atoms with van der Waals surface area (Å²) in [4.78, 5) is 14.3. The van der Waals surface area contributed by atoms with Gasteiger partial charge in [-0.05, 0) is 19.3 Å². The fraction of sp³-hybridized carbons (Fsp3) is 0.750. The topological polar surface area (TPSA) is 66.0 Å². The Bertz CT molecular complexity index is 459. The highest BCUT2D eigenvalue weighted by Gasteiger charge is 2.27. The first kappa shape index (κ1) is 15.6. The van der Waals surface area contributed by atoms with Crippen LogP contribution >= 0.6 is 0 Å². The lowest BCUT2D eigenvalue weighted by atomic mass is 10.4. The number of halogens is 3. The van der Waals surface area contributed by atoms with Gasteiger partial charge in [0.1, 0.15) is 6.54 Å². The van der Waals surface area contributed by atoms with Crippen molar-refractivity contribution < 1.29 is 13.2 Å². The molecule has 9 heteroatoms. The molecule has 1 aromatic heterocycles. The summed E-state index contributed by atoms with van der Waals surface area (Å²) in [6, 6.07) is 0. The lowest BCUT2D eigenvalue weighted by molar-refractivity contribution is -0.115. The van der Waals surface area contributed by atoms with E-state index < -0.39 is 12.7 Å². The number of rotatable bonds is 6. The van der Waals surface area contributed by atoms with Crippen LogP contribution in [0.4, 0.5) is 31.0 Å². The maximum absolute atomic E-state index is 12.3. The second kappa shape index (κ2) is 6.77. The predicted molar refractivity (Wildman–Crippen MR) is 74.6 cm³/mol. The van der Waals surface area contributed by atoms with Crippen LogP contribution in [-0.2, 0) is 0 Å². The van der Waals surface area contributed by atoms with Gasteiger partial charge in [0.05, 0.1) is 0 Å². The fourth-order valence-corrected chi connectivity index (χ4v) is 2.00. The second-order valence-corrected chi connectivity index (χ2v) is 4.87. The Kier molecular flexibility index (Phi) is 5.03. The van der Waals surface area contributed by atoms with Crippen LogP contribution in [0.3, 0.4) is 0 Å². The Balaban J connectivity index is 2.15. The first-order valence-electron chi connectivity index (χ1n) is 7.03. The molecule has 1 saturated heterocycles. The van der Waals surface area contributed by atoms with Gasteiger partial charge in [0.25, 0.3) is 0 Å². The van der Waals surface area contributed by atoms with E-state index in [1.807, 2.05) is 11.8 Å². The third-order valence-electron chi connectivity index (χ3n) is 2.99. The zero-order valence-electron chi connectivity index (χ0n) is 11.9. The quantitative estimate of drug-likeness (QED) is 0.840. The second-order valence-electron chi connectivity index (χ2n) is 4.87. The zero-order chi connectivity index (χ0) is 15.3. The molecule has 21 heavy (non-hydrogen) atoms. The summed E-state index contributed by atoms with van der Waals surface area (Å²) < 4.78 is 36.9. The molecule has 0 spiro atoms. The van der Waals surface area contributed by atoms with E-state index >= 15 is 0 Å². The predicted octanol–water partition coefficient (Wildman–Crippen LogP) is 2.27. The number of hydrogen-bond acceptors (Lipinski definition) is 6. The van der Waals surface area contributed by atoms with Gasteiger partial charge in [0, 0.05) is 19.6 Å². The van der Waals surface area contributed by atoms with Crippen molar-refractivity contribution in [2.24, 2.45) is 0 Å². The molecule has 1 fully saturated rings. The molecule has 1 aliphatic heterocycles. The number of hydrogen-bond donors (Lipinski definition) is 2. The van der Waals surface area contributed by atoms with Crippen molar-refractivity contribution in [3.8, 4) is 0 Å². The maximum Gasteiger partial charge on any atom is 0.405 e. The Morgan fingerprint density at radius 3 is 2.24 bits per heavy atom. The highest BCUT2D eigenvalue weighted by Crippen LogP contribution is 2.20. The van der Waals surface area contributed by atoms with Crippen molar-refractivity contribution in [3.63, 3.8) is 0 Å². The maximum atomic E-state index is 12.3. The molecule has 1 aromatic rings. The van der Waals surface area contributed by atoms with E-state index in [0.29, 0.717) is 18.4 Å². The zero-order valence-corrected chi connectivity index (χ0v) is 11.9. The number of aromatic nitrogens is 3. The summed E-state index contributed by atoms with van der Waals surface area (Å²) in [6.07, 6.45) is -1.36. The minimum Gasteiger partial charge on any atom is -0.354 e. The highest BCUT2D eigenvalue weighted by atomic mass is 19.4. The average Bonchev–Trinajstić information content (AvgIpc) is 2.96. The van der Waals surface area contributed by atoms with Gasteiger partial charge in [0.15, 0.2) is 0 Å². The molecule has 0 aromatic carbocycles. The Morgan fingerprint density at radius 1 is 1.05 bits per heavy atom. The summed E-state index contributed by atoms with van der Waals surface area (Å²) >= 11 is 0. The van der Waals surface area contributed by atoms with Crippen LogP contribution in [0.5, 0.6) is 0 Å². The molecule has 0 unspecified atom stereocenters. The van der Waals surface area contributed by atoms with Gasteiger partial charge in [-0.25, -0.2) is 0 Å². The normalized spacial score (nSPS) is 15.3. The van der Waals surface area contributed by atoms with E-state index in [1.54, 1.807) is 0 Å². The first-order chi connectivity index (χ1) is 9.98. The van der Waals surface area contributed by atoms with Crippen LogP contribution in [0.1, 0.15) is 26.2 Å². The number of anilines is 3. The highest BCUT2D eigenvalue weighted by molar-refractivity contribution is 5.44. The minimum atomic E-state index is -4.31. The van der Waals surface area contributed by atoms with E-state index in [-0.39, 0.29) is 5.95 Å². The molecule has 2 heterocycles. The molecular weight excluding hydrogens is 285 g/mol. The van der Waals surface area contributed by atoms with Crippen LogP contribution in [0, 0.1) is 0 Å². The largest absolute Gasteiger partial charge is 0.405 e. The van der Waals surface area contributed by atoms with Gasteiger partial charge in [-0.3, -0.25) is 0 Å². The van der Waals surface area contributed by atoms with Crippen LogP contribution < -0.4 is 15.5 Å². The molecule has 1 aliphatic rings. The van der Waals surface area contributed by atoms with Crippen LogP contribution in [-0.4, -0.2) is 47.3 Å². The van der Waals surface area contributed by atoms with E-state index in [4.69, 9.17) is 0 Å². The van der Waals surface area contributed by atoms with Gasteiger partial charge >= 0.3 is 6.18 Å².